The monoisotopic (exact) mass is 284 g/mol. The molecule has 5 nitrogen and oxygen atoms in total. The number of esters is 1. The fourth-order valence-electron chi connectivity index (χ4n) is 1.39. The molecule has 0 fully saturated rings. The van der Waals surface area contributed by atoms with Crippen LogP contribution in [0.1, 0.15) is 18.9 Å². The summed E-state index contributed by atoms with van der Waals surface area (Å²) in [4.78, 5) is 22.5. The van der Waals surface area contributed by atoms with Gasteiger partial charge in [0.05, 0.1) is 13.0 Å². The van der Waals surface area contributed by atoms with Crippen molar-refractivity contribution in [1.82, 2.24) is 10.6 Å². The van der Waals surface area contributed by atoms with Crippen LogP contribution in [0.3, 0.4) is 0 Å². The van der Waals surface area contributed by atoms with E-state index >= 15 is 0 Å². The smallest absolute Gasteiger partial charge is 0.315 e. The van der Waals surface area contributed by atoms with Crippen LogP contribution >= 0.6 is 11.6 Å². The zero-order valence-corrected chi connectivity index (χ0v) is 11.5. The van der Waals surface area contributed by atoms with Crippen molar-refractivity contribution in [2.24, 2.45) is 0 Å². The Hall–Kier alpha value is -1.75. The minimum Gasteiger partial charge on any atom is -0.466 e. The summed E-state index contributed by atoms with van der Waals surface area (Å²) in [6, 6.07) is 6.93. The van der Waals surface area contributed by atoms with Crippen LogP contribution in [0.15, 0.2) is 24.3 Å². The Morgan fingerprint density at radius 3 is 2.68 bits per heavy atom. The minimum absolute atomic E-state index is 0.160. The Kier molecular flexibility index (Phi) is 6.74. The number of carbonyl (C=O) groups is 2. The molecule has 0 saturated heterocycles. The summed E-state index contributed by atoms with van der Waals surface area (Å²) in [7, 11) is 0. The van der Waals surface area contributed by atoms with Gasteiger partial charge in [-0.15, -0.1) is 0 Å². The van der Waals surface area contributed by atoms with Gasteiger partial charge >= 0.3 is 12.0 Å². The number of halogens is 1. The molecule has 0 bridgehead atoms. The van der Waals surface area contributed by atoms with E-state index in [9.17, 15) is 9.59 Å². The van der Waals surface area contributed by atoms with Crippen LogP contribution < -0.4 is 10.6 Å². The molecule has 6 heteroatoms. The van der Waals surface area contributed by atoms with Gasteiger partial charge in [0, 0.05) is 18.1 Å². The largest absolute Gasteiger partial charge is 0.466 e. The highest BCUT2D eigenvalue weighted by molar-refractivity contribution is 6.31. The van der Waals surface area contributed by atoms with Gasteiger partial charge in [-0.05, 0) is 18.6 Å². The van der Waals surface area contributed by atoms with Gasteiger partial charge in [0.2, 0.25) is 0 Å². The van der Waals surface area contributed by atoms with Crippen molar-refractivity contribution in [3.05, 3.63) is 34.9 Å². The van der Waals surface area contributed by atoms with Crippen LogP contribution in [0.5, 0.6) is 0 Å². The molecule has 104 valence electrons. The topological polar surface area (TPSA) is 67.4 Å². The summed E-state index contributed by atoms with van der Waals surface area (Å²) in [5, 5.41) is 5.83. The zero-order chi connectivity index (χ0) is 14.1. The lowest BCUT2D eigenvalue weighted by Gasteiger charge is -2.08. The number of hydrogen-bond acceptors (Lipinski definition) is 3. The van der Waals surface area contributed by atoms with Crippen LogP contribution in [0.4, 0.5) is 4.79 Å². The number of benzene rings is 1. The molecule has 0 atom stereocenters. The lowest BCUT2D eigenvalue weighted by atomic mass is 10.2. The molecule has 0 heterocycles. The maximum atomic E-state index is 11.4. The highest BCUT2D eigenvalue weighted by atomic mass is 35.5. The van der Waals surface area contributed by atoms with Gasteiger partial charge in [-0.2, -0.15) is 0 Å². The Bertz CT molecular complexity index is 438. The minimum atomic E-state index is -0.343. The van der Waals surface area contributed by atoms with E-state index in [1.807, 2.05) is 18.2 Å². The highest BCUT2D eigenvalue weighted by Gasteiger charge is 2.05. The first-order chi connectivity index (χ1) is 9.13. The van der Waals surface area contributed by atoms with Crippen LogP contribution in [0, 0.1) is 0 Å². The molecule has 1 aromatic carbocycles. The summed E-state index contributed by atoms with van der Waals surface area (Å²) < 4.78 is 4.74. The van der Waals surface area contributed by atoms with Gasteiger partial charge < -0.3 is 15.4 Å². The number of carbonyl (C=O) groups excluding carboxylic acids is 2. The predicted octanol–water partition coefficient (Wildman–Crippen LogP) is 2.09. The lowest BCUT2D eigenvalue weighted by Crippen LogP contribution is -2.36. The third kappa shape index (κ3) is 6.10. The third-order valence-corrected chi connectivity index (χ3v) is 2.69. The number of hydrogen-bond donors (Lipinski definition) is 2. The maximum Gasteiger partial charge on any atom is 0.315 e. The molecule has 1 aromatic rings. The maximum absolute atomic E-state index is 11.4. The molecule has 0 aliphatic rings. The van der Waals surface area contributed by atoms with E-state index in [4.69, 9.17) is 16.3 Å². The molecule has 2 amide bonds. The van der Waals surface area contributed by atoms with Gasteiger partial charge in [-0.25, -0.2) is 4.79 Å². The summed E-state index contributed by atoms with van der Waals surface area (Å²) >= 11 is 5.96. The second kappa shape index (κ2) is 8.37. The van der Waals surface area contributed by atoms with E-state index in [0.29, 0.717) is 18.2 Å². The number of amides is 2. The fourth-order valence-corrected chi connectivity index (χ4v) is 1.59. The number of nitrogens with one attached hydrogen (secondary N) is 2. The fraction of sp³-hybridized carbons (Fsp3) is 0.385. The van der Waals surface area contributed by atoms with Crippen LogP contribution in [-0.4, -0.2) is 25.2 Å². The predicted molar refractivity (Wildman–Crippen MR) is 72.9 cm³/mol. The van der Waals surface area contributed by atoms with Crippen molar-refractivity contribution in [2.75, 3.05) is 13.2 Å². The molecule has 19 heavy (non-hydrogen) atoms. The quantitative estimate of drug-likeness (QED) is 0.786. The Morgan fingerprint density at radius 1 is 1.26 bits per heavy atom. The lowest BCUT2D eigenvalue weighted by molar-refractivity contribution is -0.142. The third-order valence-electron chi connectivity index (χ3n) is 2.32. The zero-order valence-electron chi connectivity index (χ0n) is 10.7. The molecule has 0 aromatic heterocycles. The summed E-state index contributed by atoms with van der Waals surface area (Å²) in [5.74, 6) is -0.325. The van der Waals surface area contributed by atoms with Gasteiger partial charge in [-0.1, -0.05) is 29.8 Å². The van der Waals surface area contributed by atoms with Crippen molar-refractivity contribution in [3.63, 3.8) is 0 Å². The van der Waals surface area contributed by atoms with Crippen LogP contribution in [-0.2, 0) is 16.1 Å². The van der Waals surface area contributed by atoms with Gasteiger partial charge in [0.25, 0.3) is 0 Å². The number of urea groups is 1. The first-order valence-electron chi connectivity index (χ1n) is 6.04. The molecule has 1 rings (SSSR count). The highest BCUT2D eigenvalue weighted by Crippen LogP contribution is 2.13. The average Bonchev–Trinajstić information content (AvgIpc) is 2.38. The SMILES string of the molecule is CCOC(=O)CCNC(=O)NCc1ccccc1Cl. The Labute approximate surface area is 117 Å². The molecule has 2 N–H and O–H groups in total. The molecular formula is C13H17ClN2O3. The normalized spacial score (nSPS) is 9.79. The standard InChI is InChI=1S/C13H17ClN2O3/c1-2-19-12(17)7-8-15-13(18)16-9-10-5-3-4-6-11(10)14/h3-6H,2,7-9H2,1H3,(H2,15,16,18). The van der Waals surface area contributed by atoms with Crippen molar-refractivity contribution in [3.8, 4) is 0 Å². The van der Waals surface area contributed by atoms with E-state index < -0.39 is 0 Å². The summed E-state index contributed by atoms with van der Waals surface area (Å²) in [6.45, 7) is 2.66. The van der Waals surface area contributed by atoms with E-state index in [-0.39, 0.29) is 25.0 Å². The van der Waals surface area contributed by atoms with Gasteiger partial charge in [0.1, 0.15) is 0 Å². The molecule has 0 aliphatic heterocycles. The summed E-state index contributed by atoms with van der Waals surface area (Å²) in [6.07, 6.45) is 0.160. The van der Waals surface area contributed by atoms with Gasteiger partial charge in [-0.3, -0.25) is 4.79 Å². The van der Waals surface area contributed by atoms with Crippen LogP contribution in [0.2, 0.25) is 5.02 Å². The second-order valence-corrected chi connectivity index (χ2v) is 4.16. The van der Waals surface area contributed by atoms with Crippen molar-refractivity contribution >= 4 is 23.6 Å². The van der Waals surface area contributed by atoms with Crippen molar-refractivity contribution < 1.29 is 14.3 Å². The van der Waals surface area contributed by atoms with Crippen molar-refractivity contribution in [2.45, 2.75) is 19.9 Å². The number of ether oxygens (including phenoxy) is 1. The Morgan fingerprint density at radius 2 is 2.00 bits per heavy atom. The van der Waals surface area contributed by atoms with E-state index in [1.165, 1.54) is 0 Å². The van der Waals surface area contributed by atoms with Gasteiger partial charge in [0.15, 0.2) is 0 Å². The average molecular weight is 285 g/mol. The first-order valence-corrected chi connectivity index (χ1v) is 6.42. The molecular weight excluding hydrogens is 268 g/mol. The molecule has 0 radical (unpaired) electrons. The van der Waals surface area contributed by atoms with E-state index in [1.54, 1.807) is 13.0 Å². The number of rotatable bonds is 6. The second-order valence-electron chi connectivity index (χ2n) is 3.76. The van der Waals surface area contributed by atoms with E-state index in [2.05, 4.69) is 10.6 Å². The van der Waals surface area contributed by atoms with Crippen LogP contribution in [0.25, 0.3) is 0 Å². The first kappa shape index (κ1) is 15.3. The molecule has 0 saturated carbocycles. The van der Waals surface area contributed by atoms with E-state index in [0.717, 1.165) is 5.56 Å². The molecule has 0 spiro atoms. The van der Waals surface area contributed by atoms with Crippen molar-refractivity contribution in [1.29, 1.82) is 0 Å². The summed E-state index contributed by atoms with van der Waals surface area (Å²) in [5.41, 5.74) is 0.838. The molecule has 0 unspecified atom stereocenters. The molecule has 0 aliphatic carbocycles. The Balaban J connectivity index is 2.22.